The van der Waals surface area contributed by atoms with E-state index < -0.39 is 5.41 Å². The number of rotatable bonds is 8. The number of para-hydroxylation sites is 1. The van der Waals surface area contributed by atoms with Gasteiger partial charge in [0.05, 0.1) is 16.8 Å². The van der Waals surface area contributed by atoms with Crippen LogP contribution in [0.1, 0.15) is 22.3 Å². The third-order valence-corrected chi connectivity index (χ3v) is 13.8. The maximum Gasteiger partial charge on any atom is 0.160 e. The monoisotopic (exact) mass is 866 g/mol. The van der Waals surface area contributed by atoms with Gasteiger partial charge in [0.2, 0.25) is 0 Å². The van der Waals surface area contributed by atoms with Crippen LogP contribution in [0.3, 0.4) is 0 Å². The molecule has 0 aliphatic heterocycles. The van der Waals surface area contributed by atoms with E-state index in [1.165, 1.54) is 44.5 Å². The van der Waals surface area contributed by atoms with E-state index in [0.717, 1.165) is 72.3 Å². The van der Waals surface area contributed by atoms with Crippen LogP contribution in [0, 0.1) is 0 Å². The Labute approximate surface area is 395 Å². The van der Waals surface area contributed by atoms with Gasteiger partial charge in [-0.3, -0.25) is 0 Å². The predicted octanol–water partition coefficient (Wildman–Crippen LogP) is 16.7. The molecule has 3 heteroatoms. The van der Waals surface area contributed by atoms with Gasteiger partial charge >= 0.3 is 0 Å². The molecule has 0 saturated heterocycles. The van der Waals surface area contributed by atoms with Gasteiger partial charge in [0.25, 0.3) is 0 Å². The molecule has 0 saturated carbocycles. The van der Waals surface area contributed by atoms with Crippen LogP contribution in [0.25, 0.3) is 100 Å². The molecular formula is C65H42N2O. The van der Waals surface area contributed by atoms with Gasteiger partial charge in [0.1, 0.15) is 11.2 Å². The first-order chi connectivity index (χ1) is 33.7. The Morgan fingerprint density at radius 3 is 1.43 bits per heavy atom. The highest BCUT2D eigenvalue weighted by molar-refractivity contribution is 6.06. The van der Waals surface area contributed by atoms with Crippen LogP contribution in [0.4, 0.5) is 0 Å². The summed E-state index contributed by atoms with van der Waals surface area (Å²) in [7, 11) is 0. The zero-order chi connectivity index (χ0) is 45.0. The molecule has 0 fully saturated rings. The van der Waals surface area contributed by atoms with Crippen molar-refractivity contribution in [1.82, 2.24) is 9.97 Å². The molecule has 0 spiro atoms. The molecule has 0 amide bonds. The predicted molar refractivity (Wildman–Crippen MR) is 279 cm³/mol. The maximum absolute atomic E-state index is 6.11. The number of nitrogens with zero attached hydrogens (tertiary/aromatic N) is 2. The maximum atomic E-state index is 6.11. The van der Waals surface area contributed by atoms with Crippen molar-refractivity contribution >= 4 is 21.9 Å². The Morgan fingerprint density at radius 2 is 0.794 bits per heavy atom. The molecule has 0 atom stereocenters. The zero-order valence-corrected chi connectivity index (χ0v) is 37.1. The van der Waals surface area contributed by atoms with Crippen molar-refractivity contribution in [1.29, 1.82) is 0 Å². The molecule has 1 aliphatic rings. The number of fused-ring (bicyclic) bond motifs is 6. The van der Waals surface area contributed by atoms with E-state index in [1.54, 1.807) is 0 Å². The summed E-state index contributed by atoms with van der Waals surface area (Å²) in [6.45, 7) is 0. The lowest BCUT2D eigenvalue weighted by atomic mass is 9.67. The van der Waals surface area contributed by atoms with E-state index in [-0.39, 0.29) is 0 Å². The molecule has 2 aromatic heterocycles. The Bertz CT molecular complexity index is 3770. The summed E-state index contributed by atoms with van der Waals surface area (Å²) < 4.78 is 6.11. The van der Waals surface area contributed by atoms with Crippen LogP contribution in [0.2, 0.25) is 0 Å². The highest BCUT2D eigenvalue weighted by Gasteiger charge is 2.47. The molecule has 2 heterocycles. The van der Waals surface area contributed by atoms with E-state index in [0.29, 0.717) is 5.82 Å². The molecule has 1 aliphatic carbocycles. The molecule has 0 bridgehead atoms. The summed E-state index contributed by atoms with van der Waals surface area (Å²) >= 11 is 0. The van der Waals surface area contributed by atoms with Crippen LogP contribution in [0.15, 0.2) is 259 Å². The van der Waals surface area contributed by atoms with E-state index >= 15 is 0 Å². The van der Waals surface area contributed by atoms with E-state index in [9.17, 15) is 0 Å². The summed E-state index contributed by atoms with van der Waals surface area (Å²) in [6.07, 6.45) is 0. The smallest absolute Gasteiger partial charge is 0.160 e. The molecule has 13 rings (SSSR count). The second-order valence-corrected chi connectivity index (χ2v) is 17.6. The molecular weight excluding hydrogens is 825 g/mol. The minimum Gasteiger partial charge on any atom is -0.456 e. The van der Waals surface area contributed by atoms with Crippen LogP contribution in [0.5, 0.6) is 0 Å². The van der Waals surface area contributed by atoms with Crippen LogP contribution >= 0.6 is 0 Å². The standard InChI is InChI=1S/C65H42N2O/c1-5-16-45(17-6-1)53-25-15-26-57-63(53)55-38-36-50(41-58(55)65(57,51-20-9-3-10-21-51)52-22-11-4-12-23-52)44-30-34-47(35-31-44)60-42-59(66-64(67-60)48-18-7-2-8-19-48)46-32-28-43(29-33-46)49-37-39-62-56(40-49)54-24-13-14-27-61(54)68-62/h1-42H. The van der Waals surface area contributed by atoms with Gasteiger partial charge < -0.3 is 4.42 Å². The third-order valence-electron chi connectivity index (χ3n) is 13.8. The third kappa shape index (κ3) is 6.51. The fourth-order valence-corrected chi connectivity index (χ4v) is 10.6. The van der Waals surface area contributed by atoms with E-state index in [1.807, 2.05) is 30.3 Å². The molecule has 0 N–H and O–H groups in total. The summed E-state index contributed by atoms with van der Waals surface area (Å²) in [4.78, 5) is 10.3. The largest absolute Gasteiger partial charge is 0.456 e. The van der Waals surface area contributed by atoms with Crippen molar-refractivity contribution in [3.8, 4) is 78.4 Å². The van der Waals surface area contributed by atoms with Crippen molar-refractivity contribution in [2.45, 2.75) is 5.41 Å². The van der Waals surface area contributed by atoms with Crippen molar-refractivity contribution in [3.05, 3.63) is 277 Å². The van der Waals surface area contributed by atoms with Crippen LogP contribution in [-0.2, 0) is 5.41 Å². The first-order valence-corrected chi connectivity index (χ1v) is 23.2. The van der Waals surface area contributed by atoms with Crippen LogP contribution in [-0.4, -0.2) is 9.97 Å². The Balaban J connectivity index is 0.899. The molecule has 3 nitrogen and oxygen atoms in total. The second-order valence-electron chi connectivity index (χ2n) is 17.6. The Morgan fingerprint density at radius 1 is 0.294 bits per heavy atom. The molecule has 68 heavy (non-hydrogen) atoms. The second kappa shape index (κ2) is 16.2. The number of benzene rings is 10. The highest BCUT2D eigenvalue weighted by atomic mass is 16.3. The summed E-state index contributed by atoms with van der Waals surface area (Å²) in [5, 5.41) is 2.24. The molecule has 0 unspecified atom stereocenters. The Hall–Kier alpha value is -8.92. The SMILES string of the molecule is c1ccc(-c2nc(-c3ccc(-c4ccc5c(c4)C(c4ccccc4)(c4ccccc4)c4cccc(-c6ccccc6)c4-5)cc3)cc(-c3ccc(-c4ccc5oc6ccccc6c5c4)cc3)n2)cc1. The average molecular weight is 867 g/mol. The number of aromatic nitrogens is 2. The normalized spacial score (nSPS) is 12.5. The first kappa shape index (κ1) is 39.4. The van der Waals surface area contributed by atoms with Gasteiger partial charge in [-0.2, -0.15) is 0 Å². The minimum atomic E-state index is -0.528. The molecule has 12 aromatic rings. The van der Waals surface area contributed by atoms with Crippen LogP contribution < -0.4 is 0 Å². The number of hydrogen-bond acceptors (Lipinski definition) is 3. The summed E-state index contributed by atoms with van der Waals surface area (Å²) in [5.41, 5.74) is 20.7. The fraction of sp³-hybridized carbons (Fsp3) is 0.0154. The zero-order valence-electron chi connectivity index (χ0n) is 37.1. The highest BCUT2D eigenvalue weighted by Crippen LogP contribution is 2.59. The quantitative estimate of drug-likeness (QED) is 0.153. The molecule has 10 aromatic carbocycles. The number of hydrogen-bond donors (Lipinski definition) is 0. The molecule has 0 radical (unpaired) electrons. The first-order valence-electron chi connectivity index (χ1n) is 23.2. The van der Waals surface area contributed by atoms with Crippen molar-refractivity contribution in [2.75, 3.05) is 0 Å². The Kier molecular flexibility index (Phi) is 9.40. The van der Waals surface area contributed by atoms with Gasteiger partial charge in [0.15, 0.2) is 5.82 Å². The lowest BCUT2D eigenvalue weighted by Gasteiger charge is -2.34. The lowest BCUT2D eigenvalue weighted by Crippen LogP contribution is -2.28. The van der Waals surface area contributed by atoms with Crippen molar-refractivity contribution < 1.29 is 4.42 Å². The van der Waals surface area contributed by atoms with Gasteiger partial charge in [0, 0.05) is 27.5 Å². The van der Waals surface area contributed by atoms with E-state index in [4.69, 9.17) is 14.4 Å². The van der Waals surface area contributed by atoms with Gasteiger partial charge in [-0.05, 0) is 97.1 Å². The summed E-state index contributed by atoms with van der Waals surface area (Å²) in [5.74, 6) is 0.690. The van der Waals surface area contributed by atoms with Gasteiger partial charge in [-0.1, -0.05) is 224 Å². The van der Waals surface area contributed by atoms with Crippen molar-refractivity contribution in [3.63, 3.8) is 0 Å². The summed E-state index contributed by atoms with van der Waals surface area (Å²) in [6, 6.07) is 91.4. The lowest BCUT2D eigenvalue weighted by molar-refractivity contribution is 0.669. The number of furan rings is 1. The topological polar surface area (TPSA) is 38.9 Å². The molecule has 318 valence electrons. The van der Waals surface area contributed by atoms with Gasteiger partial charge in [-0.15, -0.1) is 0 Å². The van der Waals surface area contributed by atoms with Gasteiger partial charge in [-0.25, -0.2) is 9.97 Å². The fourth-order valence-electron chi connectivity index (χ4n) is 10.6. The van der Waals surface area contributed by atoms with E-state index in [2.05, 4.69) is 224 Å². The average Bonchev–Trinajstić information content (AvgIpc) is 3.95. The minimum absolute atomic E-state index is 0.528. The van der Waals surface area contributed by atoms with Crippen molar-refractivity contribution in [2.24, 2.45) is 0 Å².